The van der Waals surface area contributed by atoms with Gasteiger partial charge in [0.15, 0.2) is 5.69 Å². The summed E-state index contributed by atoms with van der Waals surface area (Å²) >= 11 is 6.30. The molecule has 27 heavy (non-hydrogen) atoms. The van der Waals surface area contributed by atoms with E-state index in [2.05, 4.69) is 20.2 Å². The number of ether oxygens (including phenoxy) is 1. The fourth-order valence-corrected chi connectivity index (χ4v) is 3.39. The third-order valence-electron chi connectivity index (χ3n) is 4.39. The first kappa shape index (κ1) is 19.5. The first-order valence-corrected chi connectivity index (χ1v) is 8.92. The summed E-state index contributed by atoms with van der Waals surface area (Å²) in [6, 6.07) is 4.28. The van der Waals surface area contributed by atoms with Crippen LogP contribution in [0.2, 0.25) is 5.02 Å². The van der Waals surface area contributed by atoms with Crippen molar-refractivity contribution in [1.29, 1.82) is 0 Å². The zero-order valence-electron chi connectivity index (χ0n) is 14.7. The first-order valence-electron chi connectivity index (χ1n) is 8.54. The number of halogens is 2. The molecule has 0 radical (unpaired) electrons. The van der Waals surface area contributed by atoms with E-state index in [1.54, 1.807) is 12.1 Å². The Morgan fingerprint density at radius 1 is 1.48 bits per heavy atom. The second-order valence-corrected chi connectivity index (χ2v) is 6.71. The molecule has 144 valence electrons. The number of anilines is 1. The highest BCUT2D eigenvalue weighted by atomic mass is 35.5. The number of carboxylic acid groups (broad SMARTS) is 1. The van der Waals surface area contributed by atoms with Crippen molar-refractivity contribution in [3.8, 4) is 0 Å². The van der Waals surface area contributed by atoms with Gasteiger partial charge in [0.2, 0.25) is 0 Å². The number of hydrogen-bond donors (Lipinski definition) is 2. The lowest BCUT2D eigenvalue weighted by atomic mass is 10.0. The number of morpholine rings is 1. The summed E-state index contributed by atoms with van der Waals surface area (Å²) in [5.74, 6) is -1.12. The number of hydrogen-bond acceptors (Lipinski definition) is 6. The predicted octanol–water partition coefficient (Wildman–Crippen LogP) is 2.84. The second kappa shape index (κ2) is 8.60. The Morgan fingerprint density at radius 2 is 2.30 bits per heavy atom. The molecular weight excluding hydrogens is 375 g/mol. The summed E-state index contributed by atoms with van der Waals surface area (Å²) in [5, 5.41) is 12.4. The highest BCUT2D eigenvalue weighted by molar-refractivity contribution is 6.31. The van der Waals surface area contributed by atoms with Gasteiger partial charge in [-0.05, 0) is 19.1 Å². The van der Waals surface area contributed by atoms with Gasteiger partial charge in [-0.15, -0.1) is 0 Å². The highest BCUT2D eigenvalue weighted by Gasteiger charge is 2.29. The van der Waals surface area contributed by atoms with Crippen LogP contribution in [-0.4, -0.2) is 58.3 Å². The molecule has 0 aliphatic carbocycles. The number of aromatic nitrogens is 2. The van der Waals surface area contributed by atoms with E-state index in [9.17, 15) is 9.18 Å². The molecule has 1 aromatic carbocycles. The molecule has 2 N–H and O–H groups in total. The molecule has 2 aromatic rings. The molecule has 7 nitrogen and oxygen atoms in total. The van der Waals surface area contributed by atoms with Crippen molar-refractivity contribution >= 4 is 23.4 Å². The third kappa shape index (κ3) is 4.71. The van der Waals surface area contributed by atoms with Crippen LogP contribution in [0.25, 0.3) is 0 Å². The van der Waals surface area contributed by atoms with E-state index in [0.29, 0.717) is 42.6 Å². The number of benzene rings is 1. The minimum absolute atomic E-state index is 0.0291. The molecule has 3 rings (SSSR count). The molecule has 2 unspecified atom stereocenters. The number of carbonyl (C=O) groups is 1. The molecule has 0 saturated carbocycles. The Morgan fingerprint density at radius 3 is 2.93 bits per heavy atom. The molecule has 2 heterocycles. The van der Waals surface area contributed by atoms with Crippen molar-refractivity contribution in [2.45, 2.75) is 19.1 Å². The minimum Gasteiger partial charge on any atom is -0.476 e. The zero-order chi connectivity index (χ0) is 19.4. The fraction of sp³-hybridized carbons (Fsp3) is 0.389. The third-order valence-corrected chi connectivity index (χ3v) is 4.72. The summed E-state index contributed by atoms with van der Waals surface area (Å²) in [6.45, 7) is 4.13. The van der Waals surface area contributed by atoms with Crippen molar-refractivity contribution in [1.82, 2.24) is 14.9 Å². The van der Waals surface area contributed by atoms with Gasteiger partial charge in [-0.25, -0.2) is 19.2 Å². The van der Waals surface area contributed by atoms with Gasteiger partial charge in [-0.1, -0.05) is 17.7 Å². The number of nitrogens with zero attached hydrogens (tertiary/aromatic N) is 3. The molecule has 1 aromatic heterocycles. The van der Waals surface area contributed by atoms with E-state index in [1.807, 2.05) is 6.92 Å². The number of rotatable bonds is 6. The normalized spacial score (nSPS) is 18.9. The Balaban J connectivity index is 1.82. The molecule has 0 amide bonds. The summed E-state index contributed by atoms with van der Waals surface area (Å²) in [4.78, 5) is 20.9. The smallest absolute Gasteiger partial charge is 0.356 e. The minimum atomic E-state index is -1.15. The Bertz CT molecular complexity index is 785. The lowest BCUT2D eigenvalue weighted by Crippen LogP contribution is -2.45. The average Bonchev–Trinajstić information content (AvgIpc) is 2.64. The Kier molecular flexibility index (Phi) is 6.20. The Hall–Kier alpha value is -2.29. The van der Waals surface area contributed by atoms with Crippen LogP contribution >= 0.6 is 11.6 Å². The maximum absolute atomic E-state index is 14.6. The van der Waals surface area contributed by atoms with Crippen molar-refractivity contribution in [2.75, 3.05) is 31.6 Å². The molecule has 1 fully saturated rings. The number of aromatic carboxylic acids is 1. The number of carboxylic acids is 1. The molecule has 1 saturated heterocycles. The van der Waals surface area contributed by atoms with Gasteiger partial charge in [0, 0.05) is 30.2 Å². The van der Waals surface area contributed by atoms with Crippen molar-refractivity contribution in [3.05, 3.63) is 52.7 Å². The standard InChI is InChI=1S/C18H20ClFN4O3/c1-11-10-24(5-6-27-11)15(17-12(19)3-2-4-13(17)20)8-23-16-9-21-14(7-22-16)18(25)26/h2-4,7,9,11,15H,5-6,8,10H2,1H3,(H,22,23)(H,25,26). The van der Waals surface area contributed by atoms with E-state index >= 15 is 0 Å². The van der Waals surface area contributed by atoms with Crippen molar-refractivity contribution < 1.29 is 19.0 Å². The van der Waals surface area contributed by atoms with Gasteiger partial charge in [0.05, 0.1) is 31.1 Å². The molecule has 0 bridgehead atoms. The summed E-state index contributed by atoms with van der Waals surface area (Å²) < 4.78 is 20.1. The van der Waals surface area contributed by atoms with E-state index in [-0.39, 0.29) is 23.7 Å². The van der Waals surface area contributed by atoms with E-state index in [0.717, 1.165) is 0 Å². The number of nitrogens with one attached hydrogen (secondary N) is 1. The predicted molar refractivity (Wildman–Crippen MR) is 98.6 cm³/mol. The van der Waals surface area contributed by atoms with E-state index in [4.69, 9.17) is 21.4 Å². The second-order valence-electron chi connectivity index (χ2n) is 6.30. The molecule has 9 heteroatoms. The van der Waals surface area contributed by atoms with Gasteiger partial charge in [-0.2, -0.15) is 0 Å². The van der Waals surface area contributed by atoms with Crippen LogP contribution in [0.5, 0.6) is 0 Å². The molecule has 2 atom stereocenters. The molecule has 1 aliphatic heterocycles. The quantitative estimate of drug-likeness (QED) is 0.778. The van der Waals surface area contributed by atoms with Crippen LogP contribution in [0.1, 0.15) is 29.0 Å². The van der Waals surface area contributed by atoms with Crippen LogP contribution in [0.3, 0.4) is 0 Å². The summed E-state index contributed by atoms with van der Waals surface area (Å²) in [6.07, 6.45) is 2.54. The topological polar surface area (TPSA) is 87.6 Å². The average molecular weight is 395 g/mol. The molecular formula is C18H20ClFN4O3. The maximum atomic E-state index is 14.6. The van der Waals surface area contributed by atoms with Crippen molar-refractivity contribution in [3.63, 3.8) is 0 Å². The zero-order valence-corrected chi connectivity index (χ0v) is 15.5. The summed E-state index contributed by atoms with van der Waals surface area (Å²) in [7, 11) is 0. The Labute approximate surface area is 161 Å². The highest BCUT2D eigenvalue weighted by Crippen LogP contribution is 2.31. The fourth-order valence-electron chi connectivity index (χ4n) is 3.10. The van der Waals surface area contributed by atoms with Gasteiger partial charge < -0.3 is 15.2 Å². The largest absolute Gasteiger partial charge is 0.476 e. The summed E-state index contributed by atoms with van der Waals surface area (Å²) in [5.41, 5.74) is 0.270. The molecule has 0 spiro atoms. The van der Waals surface area contributed by atoms with Crippen LogP contribution in [0, 0.1) is 5.82 Å². The monoisotopic (exact) mass is 394 g/mol. The van der Waals surface area contributed by atoms with Gasteiger partial charge in [-0.3, -0.25) is 4.90 Å². The van der Waals surface area contributed by atoms with Crippen LogP contribution in [0.15, 0.2) is 30.6 Å². The van der Waals surface area contributed by atoms with Crippen LogP contribution in [-0.2, 0) is 4.74 Å². The first-order chi connectivity index (χ1) is 13.0. The van der Waals surface area contributed by atoms with Gasteiger partial charge in [0.1, 0.15) is 11.6 Å². The van der Waals surface area contributed by atoms with E-state index in [1.165, 1.54) is 18.5 Å². The van der Waals surface area contributed by atoms with Crippen LogP contribution < -0.4 is 5.32 Å². The van der Waals surface area contributed by atoms with Crippen LogP contribution in [0.4, 0.5) is 10.2 Å². The maximum Gasteiger partial charge on any atom is 0.356 e. The van der Waals surface area contributed by atoms with Gasteiger partial charge in [0.25, 0.3) is 0 Å². The van der Waals surface area contributed by atoms with Gasteiger partial charge >= 0.3 is 5.97 Å². The lowest BCUT2D eigenvalue weighted by Gasteiger charge is -2.38. The lowest BCUT2D eigenvalue weighted by molar-refractivity contribution is -0.0331. The SMILES string of the molecule is CC1CN(C(CNc2cnc(C(=O)O)cn2)c2c(F)cccc2Cl)CCO1. The van der Waals surface area contributed by atoms with Crippen molar-refractivity contribution in [2.24, 2.45) is 0 Å². The van der Waals surface area contributed by atoms with E-state index < -0.39 is 5.97 Å². The molecule has 1 aliphatic rings.